The Labute approximate surface area is 186 Å². The van der Waals surface area contributed by atoms with Crippen molar-refractivity contribution >= 4 is 29.3 Å². The van der Waals surface area contributed by atoms with Crippen LogP contribution in [0.1, 0.15) is 30.9 Å². The van der Waals surface area contributed by atoms with Gasteiger partial charge in [-0.05, 0) is 31.4 Å². The highest BCUT2D eigenvalue weighted by molar-refractivity contribution is 5.85. The first-order valence-corrected chi connectivity index (χ1v) is 10.0. The van der Waals surface area contributed by atoms with Gasteiger partial charge in [-0.1, -0.05) is 18.2 Å². The first kappa shape index (κ1) is 22.7. The molecule has 31 heavy (non-hydrogen) atoms. The van der Waals surface area contributed by atoms with Crippen molar-refractivity contribution in [1.82, 2.24) is 13.7 Å². The molecule has 1 atom stereocenters. The SMILES string of the molecule is Cl.Cn1c(=O)c2c(cc(N3CCC[C@@](C)(N)C3)n2Cc2ccccc2C#N)n(C)c1=O. The van der Waals surface area contributed by atoms with Gasteiger partial charge in [0.15, 0.2) is 0 Å². The summed E-state index contributed by atoms with van der Waals surface area (Å²) in [5, 5.41) is 9.53. The Morgan fingerprint density at radius 2 is 1.90 bits per heavy atom. The molecule has 164 valence electrons. The molecular formula is C22H27ClN6O2. The van der Waals surface area contributed by atoms with Gasteiger partial charge in [0.25, 0.3) is 5.56 Å². The zero-order chi connectivity index (χ0) is 21.6. The number of fused-ring (bicyclic) bond motifs is 1. The van der Waals surface area contributed by atoms with Crippen molar-refractivity contribution in [3.63, 3.8) is 0 Å². The van der Waals surface area contributed by atoms with Crippen LogP contribution in [0.5, 0.6) is 0 Å². The summed E-state index contributed by atoms with van der Waals surface area (Å²) in [7, 11) is 3.16. The number of anilines is 1. The van der Waals surface area contributed by atoms with E-state index in [1.807, 2.05) is 35.8 Å². The van der Waals surface area contributed by atoms with Crippen LogP contribution in [-0.2, 0) is 20.6 Å². The van der Waals surface area contributed by atoms with E-state index in [0.29, 0.717) is 29.7 Å². The van der Waals surface area contributed by atoms with E-state index < -0.39 is 0 Å². The highest BCUT2D eigenvalue weighted by Gasteiger charge is 2.30. The van der Waals surface area contributed by atoms with Crippen molar-refractivity contribution < 1.29 is 0 Å². The van der Waals surface area contributed by atoms with Gasteiger partial charge >= 0.3 is 5.69 Å². The van der Waals surface area contributed by atoms with Crippen molar-refractivity contribution in [2.45, 2.75) is 31.8 Å². The molecule has 1 aliphatic rings. The predicted molar refractivity (Wildman–Crippen MR) is 124 cm³/mol. The van der Waals surface area contributed by atoms with Gasteiger partial charge in [-0.3, -0.25) is 13.9 Å². The predicted octanol–water partition coefficient (Wildman–Crippen LogP) is 1.70. The number of aryl methyl sites for hydroxylation is 1. The Kier molecular flexibility index (Phi) is 6.03. The summed E-state index contributed by atoms with van der Waals surface area (Å²) in [6, 6.07) is 11.5. The van der Waals surface area contributed by atoms with E-state index in [4.69, 9.17) is 5.73 Å². The van der Waals surface area contributed by atoms with Gasteiger partial charge in [0, 0.05) is 38.8 Å². The molecule has 2 N–H and O–H groups in total. The summed E-state index contributed by atoms with van der Waals surface area (Å²) < 4.78 is 4.55. The molecule has 1 aromatic carbocycles. The molecule has 1 aliphatic heterocycles. The molecule has 8 nitrogen and oxygen atoms in total. The van der Waals surface area contributed by atoms with Crippen LogP contribution in [0.4, 0.5) is 5.82 Å². The van der Waals surface area contributed by atoms with E-state index in [1.165, 1.54) is 11.6 Å². The van der Waals surface area contributed by atoms with Crippen molar-refractivity contribution in [1.29, 1.82) is 5.26 Å². The van der Waals surface area contributed by atoms with Crippen LogP contribution < -0.4 is 21.9 Å². The molecule has 0 spiro atoms. The molecule has 0 unspecified atom stereocenters. The summed E-state index contributed by atoms with van der Waals surface area (Å²) in [6.45, 7) is 3.86. The molecular weight excluding hydrogens is 416 g/mol. The Morgan fingerprint density at radius 1 is 1.19 bits per heavy atom. The number of piperidine rings is 1. The van der Waals surface area contributed by atoms with Crippen LogP contribution in [0, 0.1) is 11.3 Å². The molecule has 3 aromatic rings. The quantitative estimate of drug-likeness (QED) is 0.665. The van der Waals surface area contributed by atoms with E-state index >= 15 is 0 Å². The molecule has 4 rings (SSSR count). The Balaban J connectivity index is 0.00000272. The maximum absolute atomic E-state index is 13.1. The number of halogens is 1. The van der Waals surface area contributed by atoms with Crippen LogP contribution in [0.3, 0.4) is 0 Å². The van der Waals surface area contributed by atoms with Gasteiger partial charge in [-0.15, -0.1) is 12.4 Å². The second-order valence-electron chi connectivity index (χ2n) is 8.48. The average Bonchev–Trinajstić information content (AvgIpc) is 3.09. The van der Waals surface area contributed by atoms with Crippen molar-refractivity contribution in [2.24, 2.45) is 19.8 Å². The van der Waals surface area contributed by atoms with E-state index in [0.717, 1.165) is 35.3 Å². The smallest absolute Gasteiger partial charge is 0.331 e. The standard InChI is InChI=1S/C22H26N6O2.ClH/c1-22(24)9-6-10-27(14-22)18-11-17-19(20(29)26(3)21(30)25(17)2)28(18)13-16-8-5-4-7-15(16)12-23;/h4-5,7-8,11H,6,9-10,13-14,24H2,1-3H3;1H/t22-;/m1./s1. The highest BCUT2D eigenvalue weighted by atomic mass is 35.5. The maximum atomic E-state index is 13.1. The molecule has 3 heterocycles. The number of hydrogen-bond donors (Lipinski definition) is 1. The van der Waals surface area contributed by atoms with Gasteiger partial charge in [0.1, 0.15) is 11.3 Å². The highest BCUT2D eigenvalue weighted by Crippen LogP contribution is 2.30. The lowest BCUT2D eigenvalue weighted by molar-refractivity contribution is 0.371. The van der Waals surface area contributed by atoms with E-state index in [2.05, 4.69) is 11.0 Å². The van der Waals surface area contributed by atoms with Gasteiger partial charge in [0.05, 0.1) is 23.7 Å². The Bertz CT molecular complexity index is 1290. The maximum Gasteiger partial charge on any atom is 0.331 e. The normalized spacial score (nSPS) is 18.6. The Morgan fingerprint density at radius 3 is 2.58 bits per heavy atom. The molecule has 2 aromatic heterocycles. The average molecular weight is 443 g/mol. The zero-order valence-corrected chi connectivity index (χ0v) is 18.8. The summed E-state index contributed by atoms with van der Waals surface area (Å²) in [6.07, 6.45) is 1.88. The monoisotopic (exact) mass is 442 g/mol. The van der Waals surface area contributed by atoms with Crippen molar-refractivity contribution in [3.8, 4) is 6.07 Å². The summed E-state index contributed by atoms with van der Waals surface area (Å²) >= 11 is 0. The lowest BCUT2D eigenvalue weighted by Crippen LogP contribution is -2.52. The minimum Gasteiger partial charge on any atom is -0.356 e. The second kappa shape index (κ2) is 8.25. The third-order valence-electron chi connectivity index (χ3n) is 6.02. The number of nitrogens with zero attached hydrogens (tertiary/aromatic N) is 5. The fraction of sp³-hybridized carbons (Fsp3) is 0.409. The van der Waals surface area contributed by atoms with E-state index in [9.17, 15) is 14.9 Å². The molecule has 0 radical (unpaired) electrons. The van der Waals surface area contributed by atoms with E-state index in [1.54, 1.807) is 13.1 Å². The van der Waals surface area contributed by atoms with Gasteiger partial charge < -0.3 is 15.2 Å². The van der Waals surface area contributed by atoms with Crippen molar-refractivity contribution in [2.75, 3.05) is 18.0 Å². The van der Waals surface area contributed by atoms with E-state index in [-0.39, 0.29) is 29.2 Å². The van der Waals surface area contributed by atoms with Crippen molar-refractivity contribution in [3.05, 3.63) is 62.3 Å². The van der Waals surface area contributed by atoms with Crippen LogP contribution in [0.15, 0.2) is 39.9 Å². The number of hydrogen-bond acceptors (Lipinski definition) is 5. The minimum atomic E-state index is -0.365. The fourth-order valence-electron chi connectivity index (χ4n) is 4.40. The number of rotatable bonds is 3. The minimum absolute atomic E-state index is 0. The molecule has 1 saturated heterocycles. The van der Waals surface area contributed by atoms with Gasteiger partial charge in [-0.25, -0.2) is 4.79 Å². The fourth-order valence-corrected chi connectivity index (χ4v) is 4.40. The number of aromatic nitrogens is 3. The largest absolute Gasteiger partial charge is 0.356 e. The third-order valence-corrected chi connectivity index (χ3v) is 6.02. The lowest BCUT2D eigenvalue weighted by Gasteiger charge is -2.39. The van der Waals surface area contributed by atoms with Crippen LogP contribution >= 0.6 is 12.4 Å². The first-order valence-electron chi connectivity index (χ1n) is 10.0. The van der Waals surface area contributed by atoms with Gasteiger partial charge in [-0.2, -0.15) is 5.26 Å². The van der Waals surface area contributed by atoms with Crippen LogP contribution in [-0.4, -0.2) is 32.3 Å². The Hall–Kier alpha value is -3.02. The number of benzene rings is 1. The molecule has 0 amide bonds. The summed E-state index contributed by atoms with van der Waals surface area (Å²) in [5.41, 5.74) is 7.81. The van der Waals surface area contributed by atoms with Crippen LogP contribution in [0.2, 0.25) is 0 Å². The third kappa shape index (κ3) is 3.87. The molecule has 9 heteroatoms. The molecule has 0 saturated carbocycles. The number of nitrogens with two attached hydrogens (primary N) is 1. The van der Waals surface area contributed by atoms with Gasteiger partial charge in [0.2, 0.25) is 0 Å². The summed E-state index contributed by atoms with van der Waals surface area (Å²) in [4.78, 5) is 27.8. The summed E-state index contributed by atoms with van der Waals surface area (Å²) in [5.74, 6) is 0.840. The molecule has 0 aliphatic carbocycles. The second-order valence-corrected chi connectivity index (χ2v) is 8.48. The number of nitriles is 1. The first-order chi connectivity index (χ1) is 14.2. The zero-order valence-electron chi connectivity index (χ0n) is 18.0. The van der Waals surface area contributed by atoms with Crippen LogP contribution in [0.25, 0.3) is 11.0 Å². The molecule has 0 bridgehead atoms. The lowest BCUT2D eigenvalue weighted by atomic mass is 9.92. The molecule has 1 fully saturated rings. The topological polar surface area (TPSA) is 102 Å².